The molecule has 0 aromatic carbocycles. The molecule has 2 saturated heterocycles. The first-order valence-electron chi connectivity index (χ1n) is 8.11. The largest absolute Gasteiger partial charge is 0.382 e. The van der Waals surface area contributed by atoms with Gasteiger partial charge >= 0.3 is 0 Å². The lowest BCUT2D eigenvalue weighted by Crippen LogP contribution is -2.53. The van der Waals surface area contributed by atoms with Gasteiger partial charge in [0.2, 0.25) is 0 Å². The molecule has 0 aromatic rings. The standard InChI is InChI=1S/C15H29N3O3/c1-3-19-9-5-7-17-15(16-2)18-8-11-21-14(12-18)13-6-4-10-20-13/h13-14H,3-12H2,1-2H3,(H,16,17). The maximum absolute atomic E-state index is 5.87. The Morgan fingerprint density at radius 2 is 2.19 bits per heavy atom. The lowest BCUT2D eigenvalue weighted by molar-refractivity contribution is -0.0817. The molecule has 2 aliphatic heterocycles. The van der Waals surface area contributed by atoms with Gasteiger partial charge in [-0.05, 0) is 26.2 Å². The summed E-state index contributed by atoms with van der Waals surface area (Å²) in [6, 6.07) is 0. The molecule has 0 radical (unpaired) electrons. The predicted octanol–water partition coefficient (Wildman–Crippen LogP) is 0.868. The summed E-state index contributed by atoms with van der Waals surface area (Å²) >= 11 is 0. The highest BCUT2D eigenvalue weighted by atomic mass is 16.5. The number of morpholine rings is 1. The molecular weight excluding hydrogens is 270 g/mol. The van der Waals surface area contributed by atoms with Crippen molar-refractivity contribution in [2.45, 2.75) is 38.4 Å². The summed E-state index contributed by atoms with van der Waals surface area (Å²) in [7, 11) is 1.83. The number of aliphatic imine (C=N–C) groups is 1. The van der Waals surface area contributed by atoms with E-state index < -0.39 is 0 Å². The molecule has 2 fully saturated rings. The Balaban J connectivity index is 1.75. The fourth-order valence-corrected chi connectivity index (χ4v) is 2.84. The lowest BCUT2D eigenvalue weighted by atomic mass is 10.1. The van der Waals surface area contributed by atoms with Crippen molar-refractivity contribution in [3.8, 4) is 0 Å². The first-order chi connectivity index (χ1) is 10.3. The van der Waals surface area contributed by atoms with Gasteiger partial charge in [0, 0.05) is 46.5 Å². The van der Waals surface area contributed by atoms with Crippen molar-refractivity contribution >= 4 is 5.96 Å². The van der Waals surface area contributed by atoms with Gasteiger partial charge < -0.3 is 24.4 Å². The first-order valence-corrected chi connectivity index (χ1v) is 8.11. The average Bonchev–Trinajstić information content (AvgIpc) is 3.05. The molecule has 0 aromatic heterocycles. The second kappa shape index (κ2) is 9.23. The van der Waals surface area contributed by atoms with Crippen LogP contribution in [0.5, 0.6) is 0 Å². The summed E-state index contributed by atoms with van der Waals surface area (Å²) < 4.78 is 17.0. The van der Waals surface area contributed by atoms with E-state index in [2.05, 4.69) is 15.2 Å². The van der Waals surface area contributed by atoms with E-state index in [1.807, 2.05) is 14.0 Å². The fourth-order valence-electron chi connectivity index (χ4n) is 2.84. The second-order valence-corrected chi connectivity index (χ2v) is 5.43. The Hall–Kier alpha value is -0.850. The number of nitrogens with one attached hydrogen (secondary N) is 1. The van der Waals surface area contributed by atoms with Crippen LogP contribution in [0.1, 0.15) is 26.2 Å². The quantitative estimate of drug-likeness (QED) is 0.448. The van der Waals surface area contributed by atoms with Crippen molar-refractivity contribution in [3.63, 3.8) is 0 Å². The van der Waals surface area contributed by atoms with E-state index in [4.69, 9.17) is 14.2 Å². The average molecular weight is 299 g/mol. The monoisotopic (exact) mass is 299 g/mol. The van der Waals surface area contributed by atoms with E-state index in [0.717, 1.165) is 71.3 Å². The minimum absolute atomic E-state index is 0.170. The summed E-state index contributed by atoms with van der Waals surface area (Å²) in [6.45, 7) is 7.83. The zero-order valence-electron chi connectivity index (χ0n) is 13.3. The Morgan fingerprint density at radius 3 is 2.90 bits per heavy atom. The van der Waals surface area contributed by atoms with Crippen molar-refractivity contribution < 1.29 is 14.2 Å². The molecule has 2 rings (SSSR count). The fraction of sp³-hybridized carbons (Fsp3) is 0.933. The van der Waals surface area contributed by atoms with Crippen molar-refractivity contribution in [1.82, 2.24) is 10.2 Å². The second-order valence-electron chi connectivity index (χ2n) is 5.43. The molecule has 0 amide bonds. The van der Waals surface area contributed by atoms with Crippen molar-refractivity contribution in [3.05, 3.63) is 0 Å². The molecule has 0 saturated carbocycles. The van der Waals surface area contributed by atoms with E-state index in [-0.39, 0.29) is 12.2 Å². The summed E-state index contributed by atoms with van der Waals surface area (Å²) in [5.41, 5.74) is 0. The molecule has 1 N–H and O–H groups in total. The van der Waals surface area contributed by atoms with Crippen LogP contribution >= 0.6 is 0 Å². The number of hydrogen-bond donors (Lipinski definition) is 1. The van der Waals surface area contributed by atoms with Gasteiger partial charge in [0.05, 0.1) is 12.7 Å². The Labute approximate surface area is 127 Å². The van der Waals surface area contributed by atoms with Gasteiger partial charge in [-0.25, -0.2) is 0 Å². The smallest absolute Gasteiger partial charge is 0.193 e. The Kier molecular flexibility index (Phi) is 7.26. The molecule has 6 heteroatoms. The van der Waals surface area contributed by atoms with Crippen LogP contribution in [0.3, 0.4) is 0 Å². The van der Waals surface area contributed by atoms with E-state index in [1.54, 1.807) is 0 Å². The molecule has 0 spiro atoms. The third-order valence-corrected chi connectivity index (χ3v) is 3.94. The van der Waals surface area contributed by atoms with Crippen LogP contribution in [0.25, 0.3) is 0 Å². The molecule has 0 bridgehead atoms. The number of hydrogen-bond acceptors (Lipinski definition) is 4. The Bertz CT molecular complexity index is 319. The van der Waals surface area contributed by atoms with Crippen LogP contribution in [0.2, 0.25) is 0 Å². The van der Waals surface area contributed by atoms with Crippen LogP contribution in [-0.4, -0.2) is 76.2 Å². The molecule has 2 unspecified atom stereocenters. The molecule has 0 aliphatic carbocycles. The molecule has 2 atom stereocenters. The van der Waals surface area contributed by atoms with Crippen molar-refractivity contribution in [2.24, 2.45) is 4.99 Å². The van der Waals surface area contributed by atoms with E-state index in [0.29, 0.717) is 0 Å². The number of rotatable bonds is 6. The molecule has 6 nitrogen and oxygen atoms in total. The number of guanidine groups is 1. The third kappa shape index (κ3) is 5.13. The first kappa shape index (κ1) is 16.5. The summed E-state index contributed by atoms with van der Waals surface area (Å²) in [4.78, 5) is 6.66. The van der Waals surface area contributed by atoms with Gasteiger partial charge in [-0.2, -0.15) is 0 Å². The lowest BCUT2D eigenvalue weighted by Gasteiger charge is -2.37. The van der Waals surface area contributed by atoms with Gasteiger partial charge in [-0.3, -0.25) is 4.99 Å². The van der Waals surface area contributed by atoms with Gasteiger partial charge in [0.25, 0.3) is 0 Å². The third-order valence-electron chi connectivity index (χ3n) is 3.94. The van der Waals surface area contributed by atoms with Crippen molar-refractivity contribution in [2.75, 3.05) is 53.1 Å². The maximum atomic E-state index is 5.87. The minimum Gasteiger partial charge on any atom is -0.382 e. The molecule has 2 heterocycles. The van der Waals surface area contributed by atoms with E-state index in [9.17, 15) is 0 Å². The highest BCUT2D eigenvalue weighted by Gasteiger charge is 2.32. The van der Waals surface area contributed by atoms with Crippen LogP contribution in [0.4, 0.5) is 0 Å². The zero-order valence-corrected chi connectivity index (χ0v) is 13.3. The molecule has 122 valence electrons. The van der Waals surface area contributed by atoms with Crippen LogP contribution in [0, 0.1) is 0 Å². The number of nitrogens with zero attached hydrogens (tertiary/aromatic N) is 2. The Morgan fingerprint density at radius 1 is 1.33 bits per heavy atom. The van der Waals surface area contributed by atoms with Gasteiger partial charge in [0.15, 0.2) is 5.96 Å². The van der Waals surface area contributed by atoms with Crippen LogP contribution in [-0.2, 0) is 14.2 Å². The zero-order chi connectivity index (χ0) is 14.9. The summed E-state index contributed by atoms with van der Waals surface area (Å²) in [6.07, 6.45) is 3.67. The normalized spacial score (nSPS) is 27.1. The highest BCUT2D eigenvalue weighted by Crippen LogP contribution is 2.20. The SMILES string of the molecule is CCOCCCNC(=NC)N1CCOC(C2CCCO2)C1. The van der Waals surface area contributed by atoms with E-state index >= 15 is 0 Å². The van der Waals surface area contributed by atoms with Crippen molar-refractivity contribution in [1.29, 1.82) is 0 Å². The molecule has 2 aliphatic rings. The predicted molar refractivity (Wildman–Crippen MR) is 82.8 cm³/mol. The maximum Gasteiger partial charge on any atom is 0.193 e. The topological polar surface area (TPSA) is 55.3 Å². The molecular formula is C15H29N3O3. The van der Waals surface area contributed by atoms with Gasteiger partial charge in [0.1, 0.15) is 6.10 Å². The number of ether oxygens (including phenoxy) is 3. The van der Waals surface area contributed by atoms with E-state index in [1.165, 1.54) is 0 Å². The minimum atomic E-state index is 0.170. The van der Waals surface area contributed by atoms with Crippen LogP contribution < -0.4 is 5.32 Å². The molecule has 21 heavy (non-hydrogen) atoms. The summed E-state index contributed by atoms with van der Waals surface area (Å²) in [5.74, 6) is 0.956. The van der Waals surface area contributed by atoms with Gasteiger partial charge in [-0.1, -0.05) is 0 Å². The summed E-state index contributed by atoms with van der Waals surface area (Å²) in [5, 5.41) is 3.41. The van der Waals surface area contributed by atoms with Gasteiger partial charge in [-0.15, -0.1) is 0 Å². The highest BCUT2D eigenvalue weighted by molar-refractivity contribution is 5.80. The van der Waals surface area contributed by atoms with Crippen LogP contribution in [0.15, 0.2) is 4.99 Å².